The van der Waals surface area contributed by atoms with Crippen molar-refractivity contribution in [1.82, 2.24) is 10.3 Å². The summed E-state index contributed by atoms with van der Waals surface area (Å²) in [4.78, 5) is 14.7. The number of nitro benzene ring substituents is 1. The van der Waals surface area contributed by atoms with E-state index in [-0.39, 0.29) is 5.69 Å². The van der Waals surface area contributed by atoms with Crippen LogP contribution in [0.2, 0.25) is 0 Å². The van der Waals surface area contributed by atoms with E-state index in [4.69, 9.17) is 18.0 Å². The van der Waals surface area contributed by atoms with Crippen LogP contribution < -0.4 is 16.4 Å². The maximum absolute atomic E-state index is 10.8. The Kier molecular flexibility index (Phi) is 4.54. The number of nitrogens with one attached hydrogen (secondary N) is 2. The first-order chi connectivity index (χ1) is 11.5. The molecule has 9 heteroatoms. The molecular formula is C15H13N5O2S2. The second-order valence-electron chi connectivity index (χ2n) is 4.98. The van der Waals surface area contributed by atoms with Gasteiger partial charge in [0.25, 0.3) is 5.69 Å². The van der Waals surface area contributed by atoms with Gasteiger partial charge >= 0.3 is 0 Å². The van der Waals surface area contributed by atoms with Gasteiger partial charge in [0.15, 0.2) is 10.2 Å². The van der Waals surface area contributed by atoms with Gasteiger partial charge in [0.05, 0.1) is 15.1 Å². The number of rotatable bonds is 4. The Labute approximate surface area is 146 Å². The summed E-state index contributed by atoms with van der Waals surface area (Å²) in [5, 5.41) is 17.9. The number of thiocarbonyl (C=S) groups is 1. The van der Waals surface area contributed by atoms with Gasteiger partial charge in [-0.3, -0.25) is 10.1 Å². The molecular weight excluding hydrogens is 346 g/mol. The maximum Gasteiger partial charge on any atom is 0.270 e. The van der Waals surface area contributed by atoms with Crippen LogP contribution in [-0.4, -0.2) is 15.0 Å². The van der Waals surface area contributed by atoms with Gasteiger partial charge in [-0.15, -0.1) is 0 Å². The van der Waals surface area contributed by atoms with Crippen molar-refractivity contribution in [3.05, 3.63) is 58.1 Å². The molecule has 1 aromatic heterocycles. The van der Waals surface area contributed by atoms with Gasteiger partial charge in [0.2, 0.25) is 0 Å². The smallest absolute Gasteiger partial charge is 0.270 e. The van der Waals surface area contributed by atoms with Crippen LogP contribution in [0.5, 0.6) is 0 Å². The van der Waals surface area contributed by atoms with E-state index in [1.807, 2.05) is 24.3 Å². The van der Waals surface area contributed by atoms with E-state index in [1.165, 1.54) is 23.5 Å². The molecule has 2 aromatic carbocycles. The van der Waals surface area contributed by atoms with Gasteiger partial charge in [-0.25, -0.2) is 4.98 Å². The van der Waals surface area contributed by atoms with E-state index < -0.39 is 4.92 Å². The van der Waals surface area contributed by atoms with E-state index in [2.05, 4.69) is 15.6 Å². The Morgan fingerprint density at radius 2 is 2.04 bits per heavy atom. The summed E-state index contributed by atoms with van der Waals surface area (Å²) in [6.45, 7) is 0.558. The normalized spacial score (nSPS) is 10.5. The predicted octanol–water partition coefficient (Wildman–Crippen LogP) is 3.27. The summed E-state index contributed by atoms with van der Waals surface area (Å²) >= 11 is 6.55. The number of fused-ring (bicyclic) bond motifs is 1. The van der Waals surface area contributed by atoms with Crippen molar-refractivity contribution in [2.45, 2.75) is 6.54 Å². The molecule has 1 heterocycles. The number of hydrogen-bond donors (Lipinski definition) is 3. The standard InChI is InChI=1S/C15H13N5O2S2/c16-10-3-1-9(2-4-10)8-17-14(23)19-15-18-12-6-5-11(20(21)22)7-13(12)24-15/h1-7H,8,16H2,(H2,17,18,19,23). The van der Waals surface area contributed by atoms with Gasteiger partial charge < -0.3 is 16.4 Å². The zero-order valence-corrected chi connectivity index (χ0v) is 14.0. The molecule has 0 unspecified atom stereocenters. The quantitative estimate of drug-likeness (QED) is 0.284. The molecule has 0 radical (unpaired) electrons. The summed E-state index contributed by atoms with van der Waals surface area (Å²) in [5.41, 5.74) is 8.14. The fraction of sp³-hybridized carbons (Fsp3) is 0.0667. The lowest BCUT2D eigenvalue weighted by atomic mass is 10.2. The molecule has 0 spiro atoms. The van der Waals surface area contributed by atoms with Gasteiger partial charge in [-0.05, 0) is 36.0 Å². The average Bonchev–Trinajstić information content (AvgIpc) is 2.95. The number of anilines is 2. The summed E-state index contributed by atoms with van der Waals surface area (Å²) in [6.07, 6.45) is 0. The first-order valence-electron chi connectivity index (χ1n) is 6.95. The van der Waals surface area contributed by atoms with Crippen LogP contribution in [0, 0.1) is 10.1 Å². The molecule has 0 bridgehead atoms. The van der Waals surface area contributed by atoms with Crippen LogP contribution in [-0.2, 0) is 6.54 Å². The van der Waals surface area contributed by atoms with Crippen molar-refractivity contribution in [3.63, 3.8) is 0 Å². The third-order valence-corrected chi connectivity index (χ3v) is 4.42. The highest BCUT2D eigenvalue weighted by Gasteiger charge is 2.10. The monoisotopic (exact) mass is 359 g/mol. The molecule has 122 valence electrons. The van der Waals surface area contributed by atoms with E-state index in [9.17, 15) is 10.1 Å². The SMILES string of the molecule is Nc1ccc(CNC(=S)Nc2nc3ccc([N+](=O)[O-])cc3s2)cc1. The number of non-ortho nitro benzene ring substituents is 1. The average molecular weight is 359 g/mol. The molecule has 24 heavy (non-hydrogen) atoms. The number of nitrogen functional groups attached to an aromatic ring is 1. The maximum atomic E-state index is 10.8. The molecule has 0 atom stereocenters. The van der Waals surface area contributed by atoms with E-state index in [1.54, 1.807) is 6.07 Å². The number of aromatic nitrogens is 1. The van der Waals surface area contributed by atoms with Crippen molar-refractivity contribution in [3.8, 4) is 0 Å². The first-order valence-corrected chi connectivity index (χ1v) is 8.18. The van der Waals surface area contributed by atoms with Crippen LogP contribution in [0.15, 0.2) is 42.5 Å². The summed E-state index contributed by atoms with van der Waals surface area (Å²) in [5.74, 6) is 0. The van der Waals surface area contributed by atoms with Crippen molar-refractivity contribution in [2.75, 3.05) is 11.1 Å². The molecule has 0 aliphatic rings. The molecule has 0 saturated carbocycles. The molecule has 0 aliphatic heterocycles. The highest BCUT2D eigenvalue weighted by molar-refractivity contribution is 7.80. The minimum atomic E-state index is -0.426. The third kappa shape index (κ3) is 3.76. The van der Waals surface area contributed by atoms with E-state index in [0.29, 0.717) is 28.0 Å². The van der Waals surface area contributed by atoms with Gasteiger partial charge in [0.1, 0.15) is 0 Å². The van der Waals surface area contributed by atoms with Crippen molar-refractivity contribution >= 4 is 55.4 Å². The van der Waals surface area contributed by atoms with Crippen LogP contribution in [0.1, 0.15) is 5.56 Å². The Morgan fingerprint density at radius 3 is 2.75 bits per heavy atom. The molecule has 7 nitrogen and oxygen atoms in total. The molecule has 0 amide bonds. The lowest BCUT2D eigenvalue weighted by Gasteiger charge is -2.08. The molecule has 3 rings (SSSR count). The van der Waals surface area contributed by atoms with Crippen LogP contribution in [0.25, 0.3) is 10.2 Å². The zero-order valence-electron chi connectivity index (χ0n) is 12.4. The lowest BCUT2D eigenvalue weighted by Crippen LogP contribution is -2.27. The molecule has 4 N–H and O–H groups in total. The summed E-state index contributed by atoms with van der Waals surface area (Å²) in [6, 6.07) is 12.1. The number of nitrogens with zero attached hydrogens (tertiary/aromatic N) is 2. The molecule has 0 fully saturated rings. The fourth-order valence-electron chi connectivity index (χ4n) is 2.04. The van der Waals surface area contributed by atoms with E-state index in [0.717, 1.165) is 10.3 Å². The Morgan fingerprint density at radius 1 is 1.29 bits per heavy atom. The highest BCUT2D eigenvalue weighted by atomic mass is 32.1. The Balaban J connectivity index is 1.64. The van der Waals surface area contributed by atoms with Crippen molar-refractivity contribution in [1.29, 1.82) is 0 Å². The predicted molar refractivity (Wildman–Crippen MR) is 100 cm³/mol. The minimum Gasteiger partial charge on any atom is -0.399 e. The summed E-state index contributed by atoms with van der Waals surface area (Å²) in [7, 11) is 0. The van der Waals surface area contributed by atoms with Gasteiger partial charge in [0, 0.05) is 24.4 Å². The topological polar surface area (TPSA) is 106 Å². The number of hydrogen-bond acceptors (Lipinski definition) is 6. The van der Waals surface area contributed by atoms with Crippen molar-refractivity contribution in [2.24, 2.45) is 0 Å². The molecule has 0 saturated heterocycles. The van der Waals surface area contributed by atoms with Crippen LogP contribution in [0.3, 0.4) is 0 Å². The van der Waals surface area contributed by atoms with Crippen LogP contribution in [0.4, 0.5) is 16.5 Å². The Bertz CT molecular complexity index is 908. The minimum absolute atomic E-state index is 0.0433. The number of thiazole rings is 1. The van der Waals surface area contributed by atoms with Gasteiger partial charge in [-0.2, -0.15) is 0 Å². The van der Waals surface area contributed by atoms with E-state index >= 15 is 0 Å². The summed E-state index contributed by atoms with van der Waals surface area (Å²) < 4.78 is 0.730. The second-order valence-corrected chi connectivity index (χ2v) is 6.42. The largest absolute Gasteiger partial charge is 0.399 e. The lowest BCUT2D eigenvalue weighted by molar-refractivity contribution is -0.384. The first kappa shape index (κ1) is 16.1. The third-order valence-electron chi connectivity index (χ3n) is 3.24. The number of nitrogens with two attached hydrogens (primary N) is 1. The van der Waals surface area contributed by atoms with Crippen LogP contribution >= 0.6 is 23.6 Å². The zero-order chi connectivity index (χ0) is 17.1. The highest BCUT2D eigenvalue weighted by Crippen LogP contribution is 2.29. The second kappa shape index (κ2) is 6.77. The molecule has 0 aliphatic carbocycles. The molecule has 3 aromatic rings. The number of benzene rings is 2. The van der Waals surface area contributed by atoms with Crippen molar-refractivity contribution < 1.29 is 4.92 Å². The Hall–Kier alpha value is -2.78. The van der Waals surface area contributed by atoms with Gasteiger partial charge in [-0.1, -0.05) is 23.5 Å². The fourth-order valence-corrected chi connectivity index (χ4v) is 3.18. The number of nitro groups is 1.